The topological polar surface area (TPSA) is 22.8 Å². The van der Waals surface area contributed by atoms with E-state index in [1.54, 1.807) is 0 Å². The molecule has 2 aromatic heterocycles. The third kappa shape index (κ3) is 2.47. The van der Waals surface area contributed by atoms with Crippen LogP contribution in [0.1, 0.15) is 16.7 Å². The minimum absolute atomic E-state index is 0.989. The summed E-state index contributed by atoms with van der Waals surface area (Å²) in [5.41, 5.74) is 8.66. The normalized spacial score (nSPS) is 11.6. The largest absolute Gasteiger partial charge is 0.334 e. The van der Waals surface area contributed by atoms with E-state index in [2.05, 4.69) is 89.5 Å². The second-order valence-electron chi connectivity index (χ2n) is 7.74. The van der Waals surface area contributed by atoms with Gasteiger partial charge in [0.05, 0.1) is 11.0 Å². The highest BCUT2D eigenvalue weighted by molar-refractivity contribution is 6.09. The average molecular weight is 365 g/mol. The van der Waals surface area contributed by atoms with E-state index in [-0.39, 0.29) is 0 Å². The molecule has 5 rings (SSSR count). The molecule has 0 aliphatic rings. The summed E-state index contributed by atoms with van der Waals surface area (Å²) in [5, 5.41) is 2.62. The van der Waals surface area contributed by atoms with E-state index in [1.165, 1.54) is 44.2 Å². The molecule has 0 bridgehead atoms. The molecule has 28 heavy (non-hydrogen) atoms. The van der Waals surface area contributed by atoms with E-state index in [9.17, 15) is 0 Å². The van der Waals surface area contributed by atoms with Crippen LogP contribution in [0.15, 0.2) is 67.0 Å². The molecule has 3 nitrogen and oxygen atoms in total. The minimum atomic E-state index is 0.989. The van der Waals surface area contributed by atoms with Crippen molar-refractivity contribution in [3.05, 3.63) is 83.7 Å². The molecule has 2 heterocycles. The van der Waals surface area contributed by atoms with Crippen molar-refractivity contribution in [1.82, 2.24) is 14.1 Å². The van der Waals surface area contributed by atoms with Gasteiger partial charge in [-0.2, -0.15) is 0 Å². The molecule has 0 saturated heterocycles. The number of rotatable bonds is 2. The molecule has 0 aliphatic heterocycles. The molecule has 3 heteroatoms. The average Bonchev–Trinajstić information content (AvgIpc) is 3.23. The van der Waals surface area contributed by atoms with Crippen LogP contribution in [0.2, 0.25) is 0 Å². The number of fused-ring (bicyclic) bond motifs is 3. The molecule has 0 N–H and O–H groups in total. The highest BCUT2D eigenvalue weighted by atomic mass is 15.0. The number of nitrogens with zero attached hydrogens (tertiary/aromatic N) is 3. The van der Waals surface area contributed by atoms with Crippen molar-refractivity contribution in [2.45, 2.75) is 20.8 Å². The van der Waals surface area contributed by atoms with Crippen molar-refractivity contribution in [2.75, 3.05) is 0 Å². The summed E-state index contributed by atoms with van der Waals surface area (Å²) in [7, 11) is 2.03. The van der Waals surface area contributed by atoms with Gasteiger partial charge >= 0.3 is 0 Å². The molecule has 0 atom stereocenters. The Bertz CT molecular complexity index is 1290. The maximum Gasteiger partial charge on any atom is 0.139 e. The fraction of sp³-hybridized carbons (Fsp3) is 0.160. The third-order valence-corrected chi connectivity index (χ3v) is 5.59. The van der Waals surface area contributed by atoms with E-state index < -0.39 is 0 Å². The van der Waals surface area contributed by atoms with Gasteiger partial charge in [-0.25, -0.2) is 4.98 Å². The zero-order valence-electron chi connectivity index (χ0n) is 16.7. The fourth-order valence-corrected chi connectivity index (χ4v) is 4.20. The maximum atomic E-state index is 4.49. The first kappa shape index (κ1) is 16.8. The van der Waals surface area contributed by atoms with Crippen LogP contribution in [0.3, 0.4) is 0 Å². The smallest absolute Gasteiger partial charge is 0.139 e. The Morgan fingerprint density at radius 1 is 0.750 bits per heavy atom. The van der Waals surface area contributed by atoms with Crippen LogP contribution in [0, 0.1) is 20.8 Å². The molecule has 5 aromatic rings. The molecule has 0 amide bonds. The first-order valence-corrected chi connectivity index (χ1v) is 9.63. The Morgan fingerprint density at radius 2 is 1.39 bits per heavy atom. The van der Waals surface area contributed by atoms with Gasteiger partial charge < -0.3 is 9.13 Å². The Labute approximate surface area is 164 Å². The Morgan fingerprint density at radius 3 is 1.93 bits per heavy atom. The van der Waals surface area contributed by atoms with Crippen LogP contribution in [-0.2, 0) is 7.05 Å². The summed E-state index contributed by atoms with van der Waals surface area (Å²) >= 11 is 0. The standard InChI is InChI=1S/C25H23N3/c1-16-5-8-23-20(13-16)21-14-17(2)6-9-24(21)28(23)22-10-7-19(15-18(22)3)25-26-11-12-27(25)4/h5-15H,1-4H3. The van der Waals surface area contributed by atoms with E-state index in [0.29, 0.717) is 0 Å². The molecule has 0 fully saturated rings. The molecular formula is C25H23N3. The van der Waals surface area contributed by atoms with E-state index in [1.807, 2.05) is 19.4 Å². The fourth-order valence-electron chi connectivity index (χ4n) is 4.20. The Hall–Kier alpha value is -3.33. The predicted molar refractivity (Wildman–Crippen MR) is 117 cm³/mol. The molecule has 138 valence electrons. The Balaban J connectivity index is 1.80. The SMILES string of the molecule is Cc1ccc2c(c1)c1cc(C)ccc1n2-c1ccc(-c2nccn2C)cc1C. The number of benzene rings is 3. The van der Waals surface area contributed by atoms with Crippen LogP contribution >= 0.6 is 0 Å². The molecule has 0 aliphatic carbocycles. The lowest BCUT2D eigenvalue weighted by atomic mass is 10.1. The lowest BCUT2D eigenvalue weighted by Gasteiger charge is -2.13. The van der Waals surface area contributed by atoms with Crippen molar-refractivity contribution in [3.8, 4) is 17.1 Å². The van der Waals surface area contributed by atoms with Gasteiger partial charge in [-0.1, -0.05) is 23.3 Å². The van der Waals surface area contributed by atoms with Gasteiger partial charge in [0.15, 0.2) is 0 Å². The number of aryl methyl sites for hydroxylation is 4. The lowest BCUT2D eigenvalue weighted by molar-refractivity contribution is 0.924. The second kappa shape index (κ2) is 6.10. The summed E-state index contributed by atoms with van der Waals surface area (Å²) in [6.07, 6.45) is 3.83. The van der Waals surface area contributed by atoms with Crippen LogP contribution in [0.25, 0.3) is 38.9 Å². The van der Waals surface area contributed by atoms with Crippen LogP contribution in [0.4, 0.5) is 0 Å². The highest BCUT2D eigenvalue weighted by Gasteiger charge is 2.15. The van der Waals surface area contributed by atoms with E-state index in [0.717, 1.165) is 11.4 Å². The van der Waals surface area contributed by atoms with Crippen LogP contribution < -0.4 is 0 Å². The lowest BCUT2D eigenvalue weighted by Crippen LogP contribution is -1.98. The molecule has 3 aromatic carbocycles. The van der Waals surface area contributed by atoms with E-state index in [4.69, 9.17) is 0 Å². The van der Waals surface area contributed by atoms with Crippen LogP contribution in [0.5, 0.6) is 0 Å². The zero-order chi connectivity index (χ0) is 19.4. The van der Waals surface area contributed by atoms with Gasteiger partial charge in [0.25, 0.3) is 0 Å². The molecular weight excluding hydrogens is 342 g/mol. The minimum Gasteiger partial charge on any atom is -0.334 e. The van der Waals surface area contributed by atoms with Gasteiger partial charge in [0, 0.05) is 41.5 Å². The van der Waals surface area contributed by atoms with Crippen LogP contribution in [-0.4, -0.2) is 14.1 Å². The summed E-state index contributed by atoms with van der Waals surface area (Å²) < 4.78 is 4.45. The number of imidazole rings is 1. The molecule has 0 saturated carbocycles. The summed E-state index contributed by atoms with van der Waals surface area (Å²) in [6.45, 7) is 6.50. The number of hydrogen-bond acceptors (Lipinski definition) is 1. The molecule has 0 spiro atoms. The first-order valence-electron chi connectivity index (χ1n) is 9.63. The molecule has 0 radical (unpaired) electrons. The maximum absolute atomic E-state index is 4.49. The number of aromatic nitrogens is 3. The third-order valence-electron chi connectivity index (χ3n) is 5.59. The van der Waals surface area contributed by atoms with Crippen molar-refractivity contribution in [3.63, 3.8) is 0 Å². The van der Waals surface area contributed by atoms with Gasteiger partial charge in [-0.05, 0) is 68.8 Å². The predicted octanol–water partition coefficient (Wildman–Crippen LogP) is 6.11. The zero-order valence-corrected chi connectivity index (χ0v) is 16.7. The summed E-state index contributed by atoms with van der Waals surface area (Å²) in [4.78, 5) is 4.49. The van der Waals surface area contributed by atoms with Crippen molar-refractivity contribution < 1.29 is 0 Å². The van der Waals surface area contributed by atoms with E-state index >= 15 is 0 Å². The van der Waals surface area contributed by atoms with Crippen molar-refractivity contribution in [1.29, 1.82) is 0 Å². The van der Waals surface area contributed by atoms with Crippen molar-refractivity contribution >= 4 is 21.8 Å². The first-order chi connectivity index (χ1) is 13.5. The van der Waals surface area contributed by atoms with Gasteiger partial charge in [0.1, 0.15) is 5.82 Å². The molecule has 0 unspecified atom stereocenters. The summed E-state index contributed by atoms with van der Waals surface area (Å²) in [5.74, 6) is 0.989. The van der Waals surface area contributed by atoms with Gasteiger partial charge in [-0.3, -0.25) is 0 Å². The quantitative estimate of drug-likeness (QED) is 0.370. The van der Waals surface area contributed by atoms with Gasteiger partial charge in [0.2, 0.25) is 0 Å². The highest BCUT2D eigenvalue weighted by Crippen LogP contribution is 2.35. The monoisotopic (exact) mass is 365 g/mol. The summed E-state index contributed by atoms with van der Waals surface area (Å²) in [6, 6.07) is 20.1. The Kier molecular flexibility index (Phi) is 3.66. The number of hydrogen-bond donors (Lipinski definition) is 0. The second-order valence-corrected chi connectivity index (χ2v) is 7.74. The van der Waals surface area contributed by atoms with Crippen molar-refractivity contribution in [2.24, 2.45) is 7.05 Å². The van der Waals surface area contributed by atoms with Gasteiger partial charge in [-0.15, -0.1) is 0 Å².